The predicted octanol–water partition coefficient (Wildman–Crippen LogP) is 1.89. The van der Waals surface area contributed by atoms with Crippen molar-refractivity contribution in [1.82, 2.24) is 5.43 Å². The molecule has 2 N–H and O–H groups in total. The molecule has 0 saturated heterocycles. The molecule has 1 aliphatic heterocycles. The third-order valence-electron chi connectivity index (χ3n) is 3.17. The molecule has 0 spiro atoms. The molecule has 0 radical (unpaired) electrons. The Morgan fingerprint density at radius 1 is 1.35 bits per heavy atom. The number of ether oxygens (including phenoxy) is 3. The Balaban J connectivity index is 1.72. The largest absolute Gasteiger partial charge is 0.508 e. The maximum absolute atomic E-state index is 11.9. The minimum atomic E-state index is -0.426. The monoisotopic (exact) mass is 314 g/mol. The second kappa shape index (κ2) is 6.27. The number of hydrogen-bond donors (Lipinski definition) is 2. The third-order valence-corrected chi connectivity index (χ3v) is 3.17. The van der Waals surface area contributed by atoms with Crippen molar-refractivity contribution in [3.05, 3.63) is 47.5 Å². The molecule has 23 heavy (non-hydrogen) atoms. The third kappa shape index (κ3) is 3.18. The topological polar surface area (TPSA) is 89.4 Å². The number of benzene rings is 2. The number of hydrazone groups is 1. The summed E-state index contributed by atoms with van der Waals surface area (Å²) < 4.78 is 15.8. The summed E-state index contributed by atoms with van der Waals surface area (Å²) in [6, 6.07) is 9.45. The number of carbonyl (C=O) groups is 1. The van der Waals surface area contributed by atoms with Crippen LogP contribution in [0.15, 0.2) is 41.5 Å². The van der Waals surface area contributed by atoms with Crippen LogP contribution < -0.4 is 19.6 Å². The molecule has 2 aromatic rings. The highest BCUT2D eigenvalue weighted by molar-refractivity contribution is 5.95. The standard InChI is InChI=1S/C16H14N2O5/c1-21-13-5-10(6-14-15(13)23-9-22-14)8-17-18-16(20)11-3-2-4-12(19)7-11/h2-8,19H,9H2,1H3,(H,18,20)/b17-8-. The van der Waals surface area contributed by atoms with Gasteiger partial charge in [0.25, 0.3) is 5.91 Å². The van der Waals surface area contributed by atoms with Crippen molar-refractivity contribution in [1.29, 1.82) is 0 Å². The molecule has 0 unspecified atom stereocenters. The van der Waals surface area contributed by atoms with Crippen LogP contribution in [0.25, 0.3) is 0 Å². The number of aromatic hydroxyl groups is 1. The zero-order valence-electron chi connectivity index (χ0n) is 12.3. The van der Waals surface area contributed by atoms with Crippen LogP contribution in [0.4, 0.5) is 0 Å². The van der Waals surface area contributed by atoms with Gasteiger partial charge in [-0.3, -0.25) is 4.79 Å². The summed E-state index contributed by atoms with van der Waals surface area (Å²) in [4.78, 5) is 11.9. The maximum atomic E-state index is 11.9. The molecule has 3 rings (SSSR count). The van der Waals surface area contributed by atoms with Crippen LogP contribution in [-0.2, 0) is 0 Å². The summed E-state index contributed by atoms with van der Waals surface area (Å²) in [6.07, 6.45) is 1.46. The number of hydrogen-bond acceptors (Lipinski definition) is 6. The number of nitrogens with zero attached hydrogens (tertiary/aromatic N) is 1. The number of amides is 1. The molecule has 7 heteroatoms. The lowest BCUT2D eigenvalue weighted by Crippen LogP contribution is -2.17. The van der Waals surface area contributed by atoms with Crippen LogP contribution in [0.5, 0.6) is 23.0 Å². The van der Waals surface area contributed by atoms with Gasteiger partial charge in [0, 0.05) is 11.1 Å². The molecule has 0 bridgehead atoms. The number of nitrogens with one attached hydrogen (secondary N) is 1. The summed E-state index contributed by atoms with van der Waals surface area (Å²) in [6.45, 7) is 0.139. The van der Waals surface area contributed by atoms with Crippen LogP contribution in [0.1, 0.15) is 15.9 Å². The molecule has 2 aromatic carbocycles. The number of fused-ring (bicyclic) bond motifs is 1. The average Bonchev–Trinajstić information content (AvgIpc) is 3.02. The van der Waals surface area contributed by atoms with Gasteiger partial charge in [0.15, 0.2) is 11.5 Å². The fraction of sp³-hybridized carbons (Fsp3) is 0.125. The Morgan fingerprint density at radius 3 is 3.00 bits per heavy atom. The Hall–Kier alpha value is -3.22. The van der Waals surface area contributed by atoms with E-state index in [4.69, 9.17) is 14.2 Å². The molecule has 1 heterocycles. The van der Waals surface area contributed by atoms with E-state index in [1.54, 1.807) is 24.3 Å². The molecule has 0 fully saturated rings. The van der Waals surface area contributed by atoms with Crippen molar-refractivity contribution in [2.45, 2.75) is 0 Å². The lowest BCUT2D eigenvalue weighted by Gasteiger charge is -2.05. The second-order valence-corrected chi connectivity index (χ2v) is 4.71. The maximum Gasteiger partial charge on any atom is 0.271 e. The molecular weight excluding hydrogens is 300 g/mol. The van der Waals surface area contributed by atoms with Crippen LogP contribution in [-0.4, -0.2) is 31.1 Å². The fourth-order valence-corrected chi connectivity index (χ4v) is 2.10. The summed E-state index contributed by atoms with van der Waals surface area (Å²) in [5.41, 5.74) is 3.38. The molecule has 118 valence electrons. The minimum Gasteiger partial charge on any atom is -0.508 e. The Morgan fingerprint density at radius 2 is 2.22 bits per heavy atom. The summed E-state index contributed by atoms with van der Waals surface area (Å²) in [5, 5.41) is 13.2. The molecule has 7 nitrogen and oxygen atoms in total. The van der Waals surface area contributed by atoms with E-state index in [-0.39, 0.29) is 12.5 Å². The summed E-state index contributed by atoms with van der Waals surface area (Å²) in [5.74, 6) is 1.23. The van der Waals surface area contributed by atoms with E-state index >= 15 is 0 Å². The highest BCUT2D eigenvalue weighted by Gasteiger charge is 2.19. The van der Waals surface area contributed by atoms with E-state index in [9.17, 15) is 9.90 Å². The van der Waals surface area contributed by atoms with E-state index < -0.39 is 5.91 Å². The van der Waals surface area contributed by atoms with Gasteiger partial charge in [-0.05, 0) is 30.3 Å². The smallest absolute Gasteiger partial charge is 0.271 e. The van der Waals surface area contributed by atoms with Crippen LogP contribution in [0.2, 0.25) is 0 Å². The fourth-order valence-electron chi connectivity index (χ4n) is 2.10. The molecule has 0 atom stereocenters. The Labute approximate surface area is 132 Å². The van der Waals surface area contributed by atoms with Crippen molar-refractivity contribution in [2.24, 2.45) is 5.10 Å². The first-order chi connectivity index (χ1) is 11.2. The first kappa shape index (κ1) is 14.7. The number of rotatable bonds is 4. The minimum absolute atomic E-state index is 0.0159. The van der Waals surface area contributed by atoms with E-state index in [0.717, 1.165) is 0 Å². The number of carbonyl (C=O) groups excluding carboxylic acids is 1. The highest BCUT2D eigenvalue weighted by atomic mass is 16.7. The lowest BCUT2D eigenvalue weighted by atomic mass is 10.2. The van der Waals surface area contributed by atoms with Gasteiger partial charge in [-0.25, -0.2) is 5.43 Å². The van der Waals surface area contributed by atoms with Gasteiger partial charge in [0.2, 0.25) is 12.5 Å². The average molecular weight is 314 g/mol. The predicted molar refractivity (Wildman–Crippen MR) is 82.3 cm³/mol. The second-order valence-electron chi connectivity index (χ2n) is 4.71. The lowest BCUT2D eigenvalue weighted by molar-refractivity contribution is 0.0954. The van der Waals surface area contributed by atoms with Gasteiger partial charge in [-0.1, -0.05) is 6.07 Å². The molecule has 1 amide bonds. The van der Waals surface area contributed by atoms with Gasteiger partial charge in [0.1, 0.15) is 5.75 Å². The van der Waals surface area contributed by atoms with E-state index in [1.807, 2.05) is 0 Å². The SMILES string of the molecule is COc1cc(/C=N\NC(=O)c2cccc(O)c2)cc2c1OCO2. The van der Waals surface area contributed by atoms with Gasteiger partial charge < -0.3 is 19.3 Å². The first-order valence-corrected chi connectivity index (χ1v) is 6.77. The molecule has 1 aliphatic rings. The van der Waals surface area contributed by atoms with E-state index in [0.29, 0.717) is 28.4 Å². The first-order valence-electron chi connectivity index (χ1n) is 6.77. The number of phenolic OH excluding ortho intramolecular Hbond substituents is 1. The number of phenols is 1. The Kier molecular flexibility index (Phi) is 4.01. The van der Waals surface area contributed by atoms with Crippen molar-refractivity contribution in [3.8, 4) is 23.0 Å². The van der Waals surface area contributed by atoms with Gasteiger partial charge in [-0.15, -0.1) is 0 Å². The zero-order chi connectivity index (χ0) is 16.2. The van der Waals surface area contributed by atoms with Crippen molar-refractivity contribution < 1.29 is 24.1 Å². The summed E-state index contributed by atoms with van der Waals surface area (Å²) >= 11 is 0. The number of methoxy groups -OCH3 is 1. The van der Waals surface area contributed by atoms with Crippen LogP contribution >= 0.6 is 0 Å². The van der Waals surface area contributed by atoms with Crippen LogP contribution in [0, 0.1) is 0 Å². The Bertz CT molecular complexity index is 773. The van der Waals surface area contributed by atoms with Gasteiger partial charge >= 0.3 is 0 Å². The van der Waals surface area contributed by atoms with Gasteiger partial charge in [-0.2, -0.15) is 5.10 Å². The molecular formula is C16H14N2O5. The van der Waals surface area contributed by atoms with E-state index in [2.05, 4.69) is 10.5 Å². The molecule has 0 aromatic heterocycles. The molecule has 0 saturated carbocycles. The summed E-state index contributed by atoms with van der Waals surface area (Å²) in [7, 11) is 1.53. The van der Waals surface area contributed by atoms with Crippen molar-refractivity contribution in [3.63, 3.8) is 0 Å². The highest BCUT2D eigenvalue weighted by Crippen LogP contribution is 2.41. The van der Waals surface area contributed by atoms with Crippen LogP contribution in [0.3, 0.4) is 0 Å². The molecule has 0 aliphatic carbocycles. The van der Waals surface area contributed by atoms with Crippen molar-refractivity contribution >= 4 is 12.1 Å². The van der Waals surface area contributed by atoms with E-state index in [1.165, 1.54) is 25.5 Å². The quantitative estimate of drug-likeness (QED) is 0.664. The van der Waals surface area contributed by atoms with Crippen molar-refractivity contribution in [2.75, 3.05) is 13.9 Å². The zero-order valence-corrected chi connectivity index (χ0v) is 12.3. The van der Waals surface area contributed by atoms with Gasteiger partial charge in [0.05, 0.1) is 13.3 Å². The normalized spacial score (nSPS) is 12.4.